The van der Waals surface area contributed by atoms with Crippen LogP contribution in [0.2, 0.25) is 0 Å². The normalized spacial score (nSPS) is 10.4. The van der Waals surface area contributed by atoms with Crippen molar-refractivity contribution in [2.24, 2.45) is 0 Å². The third-order valence-electron chi connectivity index (χ3n) is 3.33. The number of aromatic nitrogens is 2. The standard InChI is InChI=1S/C17H16N4O3/c1-11-18-15-5-3-2-4-14(15)17(19-11)20-12-6-8-13(9-7-12)24-10-16(22)21-23/h2-9,23H,10H2,1H3,(H,21,22)(H,18,19,20). The summed E-state index contributed by atoms with van der Waals surface area (Å²) in [7, 11) is 0. The molecular formula is C17H16N4O3. The van der Waals surface area contributed by atoms with Gasteiger partial charge in [0, 0.05) is 11.1 Å². The Hall–Kier alpha value is -3.19. The zero-order chi connectivity index (χ0) is 16.9. The molecule has 3 N–H and O–H groups in total. The molecule has 0 atom stereocenters. The molecule has 122 valence electrons. The van der Waals surface area contributed by atoms with Gasteiger partial charge in [-0.15, -0.1) is 0 Å². The largest absolute Gasteiger partial charge is 0.484 e. The van der Waals surface area contributed by atoms with Crippen molar-refractivity contribution < 1.29 is 14.7 Å². The van der Waals surface area contributed by atoms with E-state index >= 15 is 0 Å². The molecular weight excluding hydrogens is 308 g/mol. The number of nitrogens with zero attached hydrogens (tertiary/aromatic N) is 2. The van der Waals surface area contributed by atoms with Gasteiger partial charge in [0.25, 0.3) is 5.91 Å². The van der Waals surface area contributed by atoms with Crippen LogP contribution in [-0.4, -0.2) is 27.7 Å². The Morgan fingerprint density at radius 3 is 2.62 bits per heavy atom. The first-order valence-electron chi connectivity index (χ1n) is 7.32. The topological polar surface area (TPSA) is 96.4 Å². The highest BCUT2D eigenvalue weighted by Gasteiger charge is 2.06. The van der Waals surface area contributed by atoms with Gasteiger partial charge in [0.1, 0.15) is 17.4 Å². The summed E-state index contributed by atoms with van der Waals surface area (Å²) in [6.07, 6.45) is 0. The van der Waals surface area contributed by atoms with Gasteiger partial charge in [-0.3, -0.25) is 10.0 Å². The fourth-order valence-electron chi connectivity index (χ4n) is 2.24. The number of hydroxylamine groups is 1. The van der Waals surface area contributed by atoms with Crippen molar-refractivity contribution in [1.82, 2.24) is 15.4 Å². The molecule has 0 bridgehead atoms. The fourth-order valence-corrected chi connectivity index (χ4v) is 2.24. The predicted molar refractivity (Wildman–Crippen MR) is 89.4 cm³/mol. The van der Waals surface area contributed by atoms with E-state index in [0.29, 0.717) is 11.6 Å². The number of fused-ring (bicyclic) bond motifs is 1. The number of aryl methyl sites for hydroxylation is 1. The number of hydrogen-bond donors (Lipinski definition) is 3. The monoisotopic (exact) mass is 324 g/mol. The van der Waals surface area contributed by atoms with Crippen molar-refractivity contribution in [3.63, 3.8) is 0 Å². The van der Waals surface area contributed by atoms with Gasteiger partial charge >= 0.3 is 0 Å². The van der Waals surface area contributed by atoms with Crippen LogP contribution < -0.4 is 15.5 Å². The predicted octanol–water partition coefficient (Wildman–Crippen LogP) is 2.57. The van der Waals surface area contributed by atoms with Crippen molar-refractivity contribution >= 4 is 28.3 Å². The van der Waals surface area contributed by atoms with Gasteiger partial charge in [0.05, 0.1) is 5.52 Å². The summed E-state index contributed by atoms with van der Waals surface area (Å²) in [5.41, 5.74) is 3.22. The summed E-state index contributed by atoms with van der Waals surface area (Å²) in [6.45, 7) is 1.60. The second-order valence-corrected chi connectivity index (χ2v) is 5.11. The van der Waals surface area contributed by atoms with Gasteiger partial charge in [-0.1, -0.05) is 12.1 Å². The molecule has 3 rings (SSSR count). The van der Waals surface area contributed by atoms with Crippen molar-refractivity contribution in [1.29, 1.82) is 0 Å². The summed E-state index contributed by atoms with van der Waals surface area (Å²) in [4.78, 5) is 19.8. The second-order valence-electron chi connectivity index (χ2n) is 5.11. The minimum absolute atomic E-state index is 0.251. The second kappa shape index (κ2) is 6.93. The van der Waals surface area contributed by atoms with E-state index in [1.807, 2.05) is 43.3 Å². The highest BCUT2D eigenvalue weighted by atomic mass is 16.5. The maximum absolute atomic E-state index is 10.9. The number of carbonyl (C=O) groups is 1. The van der Waals surface area contributed by atoms with E-state index < -0.39 is 5.91 Å². The Bertz CT molecular complexity index is 865. The van der Waals surface area contributed by atoms with Gasteiger partial charge < -0.3 is 10.1 Å². The van der Waals surface area contributed by atoms with Crippen molar-refractivity contribution in [3.05, 3.63) is 54.4 Å². The van der Waals surface area contributed by atoms with Crippen LogP contribution in [0.5, 0.6) is 5.75 Å². The maximum Gasteiger partial charge on any atom is 0.281 e. The van der Waals surface area contributed by atoms with Crippen LogP contribution in [0.15, 0.2) is 48.5 Å². The van der Waals surface area contributed by atoms with Crippen LogP contribution in [0.4, 0.5) is 11.5 Å². The Labute approximate surface area is 138 Å². The van der Waals surface area contributed by atoms with E-state index in [9.17, 15) is 4.79 Å². The molecule has 0 unspecified atom stereocenters. The van der Waals surface area contributed by atoms with E-state index in [0.717, 1.165) is 22.4 Å². The fraction of sp³-hybridized carbons (Fsp3) is 0.118. The van der Waals surface area contributed by atoms with E-state index in [-0.39, 0.29) is 6.61 Å². The Kier molecular flexibility index (Phi) is 4.53. The molecule has 1 amide bonds. The number of carbonyl (C=O) groups excluding carboxylic acids is 1. The number of ether oxygens (including phenoxy) is 1. The zero-order valence-corrected chi connectivity index (χ0v) is 13.0. The number of rotatable bonds is 5. The summed E-state index contributed by atoms with van der Waals surface area (Å²) in [5.74, 6) is 1.32. The van der Waals surface area contributed by atoms with Crippen LogP contribution in [0, 0.1) is 6.92 Å². The van der Waals surface area contributed by atoms with Crippen LogP contribution in [0.25, 0.3) is 10.9 Å². The summed E-state index contributed by atoms with van der Waals surface area (Å²) in [6, 6.07) is 14.9. The maximum atomic E-state index is 10.9. The first-order chi connectivity index (χ1) is 11.7. The lowest BCUT2D eigenvalue weighted by Gasteiger charge is -2.10. The van der Waals surface area contributed by atoms with Crippen molar-refractivity contribution in [3.8, 4) is 5.75 Å². The molecule has 1 aromatic heterocycles. The molecule has 3 aromatic rings. The van der Waals surface area contributed by atoms with E-state index in [1.165, 1.54) is 5.48 Å². The zero-order valence-electron chi connectivity index (χ0n) is 13.0. The van der Waals surface area contributed by atoms with Crippen LogP contribution in [-0.2, 0) is 4.79 Å². The molecule has 0 saturated heterocycles. The molecule has 1 heterocycles. The van der Waals surface area contributed by atoms with Crippen LogP contribution in [0.3, 0.4) is 0 Å². The first-order valence-corrected chi connectivity index (χ1v) is 7.32. The molecule has 0 saturated carbocycles. The lowest BCUT2D eigenvalue weighted by atomic mass is 10.2. The molecule has 7 nitrogen and oxygen atoms in total. The average Bonchev–Trinajstić information content (AvgIpc) is 2.60. The van der Waals surface area contributed by atoms with Gasteiger partial charge in [0.15, 0.2) is 6.61 Å². The highest BCUT2D eigenvalue weighted by Crippen LogP contribution is 2.24. The van der Waals surface area contributed by atoms with Gasteiger partial charge in [-0.2, -0.15) is 0 Å². The van der Waals surface area contributed by atoms with Crippen molar-refractivity contribution in [2.75, 3.05) is 11.9 Å². The van der Waals surface area contributed by atoms with Crippen LogP contribution in [0.1, 0.15) is 5.82 Å². The van der Waals surface area contributed by atoms with Gasteiger partial charge in [0.2, 0.25) is 0 Å². The molecule has 2 aromatic carbocycles. The summed E-state index contributed by atoms with van der Waals surface area (Å²) < 4.78 is 5.23. The third kappa shape index (κ3) is 3.58. The lowest BCUT2D eigenvalue weighted by molar-refractivity contribution is -0.131. The molecule has 0 aliphatic rings. The molecule has 0 spiro atoms. The molecule has 0 aliphatic carbocycles. The number of nitrogens with one attached hydrogen (secondary N) is 2. The van der Waals surface area contributed by atoms with Crippen LogP contribution >= 0.6 is 0 Å². The van der Waals surface area contributed by atoms with E-state index in [1.54, 1.807) is 12.1 Å². The van der Waals surface area contributed by atoms with E-state index in [4.69, 9.17) is 9.94 Å². The molecule has 0 fully saturated rings. The SMILES string of the molecule is Cc1nc(Nc2ccc(OCC(=O)NO)cc2)c2ccccc2n1. The number of hydrogen-bond acceptors (Lipinski definition) is 6. The highest BCUT2D eigenvalue weighted by molar-refractivity contribution is 5.90. The number of para-hydroxylation sites is 1. The quantitative estimate of drug-likeness (QED) is 0.493. The molecule has 0 radical (unpaired) electrons. The van der Waals surface area contributed by atoms with Gasteiger partial charge in [-0.05, 0) is 43.3 Å². The minimum atomic E-state index is -0.611. The molecule has 0 aliphatic heterocycles. The molecule has 7 heteroatoms. The van der Waals surface area contributed by atoms with Gasteiger partial charge in [-0.25, -0.2) is 15.4 Å². The lowest BCUT2D eigenvalue weighted by Crippen LogP contribution is -2.25. The Morgan fingerprint density at radius 2 is 1.88 bits per heavy atom. The smallest absolute Gasteiger partial charge is 0.281 e. The third-order valence-corrected chi connectivity index (χ3v) is 3.33. The summed E-state index contributed by atoms with van der Waals surface area (Å²) >= 11 is 0. The number of anilines is 2. The minimum Gasteiger partial charge on any atom is -0.484 e. The molecule has 24 heavy (non-hydrogen) atoms. The number of benzene rings is 2. The Morgan fingerprint density at radius 1 is 1.12 bits per heavy atom. The summed E-state index contributed by atoms with van der Waals surface area (Å²) in [5, 5.41) is 12.6. The number of amides is 1. The average molecular weight is 324 g/mol. The van der Waals surface area contributed by atoms with Crippen molar-refractivity contribution in [2.45, 2.75) is 6.92 Å². The van der Waals surface area contributed by atoms with E-state index in [2.05, 4.69) is 15.3 Å². The first kappa shape index (κ1) is 15.7. The Balaban J connectivity index is 1.78.